The van der Waals surface area contributed by atoms with Gasteiger partial charge in [0.1, 0.15) is 6.04 Å². The van der Waals surface area contributed by atoms with Crippen LogP contribution < -0.4 is 0 Å². The molecule has 0 aliphatic carbocycles. The zero-order valence-electron chi connectivity index (χ0n) is 7.66. The van der Waals surface area contributed by atoms with Gasteiger partial charge < -0.3 is 10.0 Å². The molecule has 1 fully saturated rings. The minimum atomic E-state index is -0.681. The fraction of sp³-hybridized carbons (Fsp3) is 0.875. The molecule has 0 bridgehead atoms. The molecule has 0 aromatic rings. The zero-order valence-corrected chi connectivity index (χ0v) is 7.66. The monoisotopic (exact) mass is 172 g/mol. The molecule has 1 saturated heterocycles. The van der Waals surface area contributed by atoms with Crippen molar-refractivity contribution in [1.82, 2.24) is 9.80 Å². The van der Waals surface area contributed by atoms with Crippen LogP contribution in [0, 0.1) is 0 Å². The average Bonchev–Trinajstić information content (AvgIpc) is 1.82. The molecule has 0 radical (unpaired) electrons. The van der Waals surface area contributed by atoms with Crippen LogP contribution in [-0.4, -0.2) is 60.6 Å². The maximum atomic E-state index is 10.6. The summed E-state index contributed by atoms with van der Waals surface area (Å²) >= 11 is 0. The first-order chi connectivity index (χ1) is 5.61. The van der Waals surface area contributed by atoms with Gasteiger partial charge in [0.2, 0.25) is 0 Å². The maximum absolute atomic E-state index is 10.6. The van der Waals surface area contributed by atoms with Crippen molar-refractivity contribution in [3.05, 3.63) is 0 Å². The Hall–Kier alpha value is -0.610. The Bertz CT molecular complexity index is 170. The molecule has 0 amide bonds. The number of nitrogens with zero attached hydrogens (tertiary/aromatic N) is 2. The van der Waals surface area contributed by atoms with E-state index in [9.17, 15) is 4.79 Å². The summed E-state index contributed by atoms with van der Waals surface area (Å²) in [5.41, 5.74) is 0. The summed E-state index contributed by atoms with van der Waals surface area (Å²) in [6.07, 6.45) is 0.808. The smallest absolute Gasteiger partial charge is 0.320 e. The van der Waals surface area contributed by atoms with Crippen LogP contribution in [0.5, 0.6) is 0 Å². The molecule has 12 heavy (non-hydrogen) atoms. The Labute approximate surface area is 72.8 Å². The summed E-state index contributed by atoms with van der Waals surface area (Å²) in [4.78, 5) is 14.7. The van der Waals surface area contributed by atoms with E-state index in [0.29, 0.717) is 0 Å². The normalized spacial score (nSPS) is 24.1. The van der Waals surface area contributed by atoms with Crippen LogP contribution in [0.2, 0.25) is 0 Å². The second-order valence-electron chi connectivity index (χ2n) is 3.48. The minimum absolute atomic E-state index is 0.218. The van der Waals surface area contributed by atoms with Gasteiger partial charge in [0, 0.05) is 19.6 Å². The Kier molecular flexibility index (Phi) is 3.05. The fourth-order valence-corrected chi connectivity index (χ4v) is 1.32. The van der Waals surface area contributed by atoms with Crippen LogP contribution in [0.4, 0.5) is 0 Å². The molecular weight excluding hydrogens is 156 g/mol. The van der Waals surface area contributed by atoms with Crippen molar-refractivity contribution in [2.75, 3.05) is 33.7 Å². The molecule has 4 heteroatoms. The van der Waals surface area contributed by atoms with Crippen LogP contribution in [-0.2, 0) is 4.79 Å². The number of likely N-dealkylation sites (tertiary alicyclic amines) is 1. The number of rotatable bonds is 4. The van der Waals surface area contributed by atoms with Crippen LogP contribution in [0.15, 0.2) is 0 Å². The second-order valence-corrected chi connectivity index (χ2v) is 3.48. The van der Waals surface area contributed by atoms with Crippen molar-refractivity contribution in [1.29, 1.82) is 0 Å². The number of carboxylic acid groups (broad SMARTS) is 1. The number of carboxylic acids is 1. The first-order valence-corrected chi connectivity index (χ1v) is 4.23. The zero-order chi connectivity index (χ0) is 9.14. The molecule has 70 valence electrons. The molecule has 1 rings (SSSR count). The quantitative estimate of drug-likeness (QED) is 0.632. The molecule has 1 unspecified atom stereocenters. The molecule has 0 saturated carbocycles. The first-order valence-electron chi connectivity index (χ1n) is 4.23. The van der Waals surface area contributed by atoms with Crippen molar-refractivity contribution < 1.29 is 9.90 Å². The van der Waals surface area contributed by atoms with E-state index in [1.807, 2.05) is 19.0 Å². The van der Waals surface area contributed by atoms with Crippen LogP contribution >= 0.6 is 0 Å². The topological polar surface area (TPSA) is 43.8 Å². The van der Waals surface area contributed by atoms with Gasteiger partial charge in [0.25, 0.3) is 0 Å². The predicted molar refractivity (Wildman–Crippen MR) is 46.2 cm³/mol. The van der Waals surface area contributed by atoms with Gasteiger partial charge in [-0.2, -0.15) is 0 Å². The SMILES string of the molecule is CN(C)CCN1CCC1C(=O)O. The Balaban J connectivity index is 2.21. The highest BCUT2D eigenvalue weighted by atomic mass is 16.4. The number of carbonyl (C=O) groups is 1. The highest BCUT2D eigenvalue weighted by Gasteiger charge is 2.33. The second kappa shape index (κ2) is 3.87. The highest BCUT2D eigenvalue weighted by Crippen LogP contribution is 2.16. The van der Waals surface area contributed by atoms with Gasteiger partial charge >= 0.3 is 5.97 Å². The molecule has 0 spiro atoms. The third-order valence-electron chi connectivity index (χ3n) is 2.25. The molecule has 0 aromatic heterocycles. The van der Waals surface area contributed by atoms with Gasteiger partial charge in [-0.15, -0.1) is 0 Å². The van der Waals surface area contributed by atoms with E-state index >= 15 is 0 Å². The van der Waals surface area contributed by atoms with Gasteiger partial charge in [0.05, 0.1) is 0 Å². The number of hydrogen-bond acceptors (Lipinski definition) is 3. The summed E-state index contributed by atoms with van der Waals surface area (Å²) < 4.78 is 0. The lowest BCUT2D eigenvalue weighted by Crippen LogP contribution is -2.53. The molecule has 1 aliphatic rings. The lowest BCUT2D eigenvalue weighted by atomic mass is 10.0. The van der Waals surface area contributed by atoms with Crippen molar-refractivity contribution in [2.24, 2.45) is 0 Å². The van der Waals surface area contributed by atoms with Crippen molar-refractivity contribution in [3.63, 3.8) is 0 Å². The molecule has 1 aliphatic heterocycles. The van der Waals surface area contributed by atoms with Gasteiger partial charge in [-0.3, -0.25) is 9.69 Å². The molecule has 1 atom stereocenters. The number of hydrogen-bond donors (Lipinski definition) is 1. The van der Waals surface area contributed by atoms with Crippen molar-refractivity contribution in [2.45, 2.75) is 12.5 Å². The fourth-order valence-electron chi connectivity index (χ4n) is 1.32. The van der Waals surface area contributed by atoms with E-state index in [1.54, 1.807) is 0 Å². The third kappa shape index (κ3) is 2.19. The summed E-state index contributed by atoms with van der Waals surface area (Å²) in [7, 11) is 3.99. The first kappa shape index (κ1) is 9.48. The molecule has 4 nitrogen and oxygen atoms in total. The summed E-state index contributed by atoms with van der Waals surface area (Å²) in [5, 5.41) is 8.71. The summed E-state index contributed by atoms with van der Waals surface area (Å²) in [6.45, 7) is 2.73. The van der Waals surface area contributed by atoms with E-state index in [-0.39, 0.29) is 6.04 Å². The van der Waals surface area contributed by atoms with Gasteiger partial charge in [0.15, 0.2) is 0 Å². The predicted octanol–water partition coefficient (Wildman–Crippen LogP) is -0.293. The number of aliphatic carboxylic acids is 1. The largest absolute Gasteiger partial charge is 0.480 e. The average molecular weight is 172 g/mol. The van der Waals surface area contributed by atoms with Crippen LogP contribution in [0.25, 0.3) is 0 Å². The Morgan fingerprint density at radius 3 is 2.67 bits per heavy atom. The van der Waals surface area contributed by atoms with E-state index in [4.69, 9.17) is 5.11 Å². The lowest BCUT2D eigenvalue weighted by molar-refractivity contribution is -0.148. The summed E-state index contributed by atoms with van der Waals surface area (Å²) in [6, 6.07) is -0.218. The molecular formula is C8H16N2O2. The van der Waals surface area contributed by atoms with Crippen LogP contribution in [0.3, 0.4) is 0 Å². The Morgan fingerprint density at radius 1 is 1.67 bits per heavy atom. The highest BCUT2D eigenvalue weighted by molar-refractivity contribution is 5.74. The molecule has 1 heterocycles. The minimum Gasteiger partial charge on any atom is -0.480 e. The van der Waals surface area contributed by atoms with Crippen LogP contribution in [0.1, 0.15) is 6.42 Å². The maximum Gasteiger partial charge on any atom is 0.320 e. The molecule has 0 aromatic carbocycles. The standard InChI is InChI=1S/C8H16N2O2/c1-9(2)5-6-10-4-3-7(10)8(11)12/h7H,3-6H2,1-2H3,(H,11,12). The molecule has 1 N–H and O–H groups in total. The van der Waals surface area contributed by atoms with Gasteiger partial charge in [-0.25, -0.2) is 0 Å². The van der Waals surface area contributed by atoms with Gasteiger partial charge in [-0.05, 0) is 20.5 Å². The van der Waals surface area contributed by atoms with Crippen molar-refractivity contribution in [3.8, 4) is 0 Å². The third-order valence-corrected chi connectivity index (χ3v) is 2.25. The summed E-state index contributed by atoms with van der Waals surface area (Å²) in [5.74, 6) is -0.681. The van der Waals surface area contributed by atoms with E-state index in [1.165, 1.54) is 0 Å². The van der Waals surface area contributed by atoms with Gasteiger partial charge in [-0.1, -0.05) is 0 Å². The van der Waals surface area contributed by atoms with Crippen molar-refractivity contribution >= 4 is 5.97 Å². The van der Waals surface area contributed by atoms with E-state index in [0.717, 1.165) is 26.1 Å². The van der Waals surface area contributed by atoms with E-state index < -0.39 is 5.97 Å². The van der Waals surface area contributed by atoms with E-state index in [2.05, 4.69) is 4.90 Å². The Morgan fingerprint density at radius 2 is 2.33 bits per heavy atom. The number of likely N-dealkylation sites (N-methyl/N-ethyl adjacent to an activating group) is 1. The lowest BCUT2D eigenvalue weighted by Gasteiger charge is -2.38.